The van der Waals surface area contributed by atoms with Crippen LogP contribution in [0.5, 0.6) is 0 Å². The molecular weight excluding hydrogens is 266 g/mol. The summed E-state index contributed by atoms with van der Waals surface area (Å²) in [5.41, 5.74) is 0. The summed E-state index contributed by atoms with van der Waals surface area (Å²) in [6.45, 7) is 1.13. The van der Waals surface area contributed by atoms with Gasteiger partial charge in [0.05, 0.1) is 0 Å². The highest BCUT2D eigenvalue weighted by atomic mass is 28.4. The third kappa shape index (κ3) is 10.2. The van der Waals surface area contributed by atoms with E-state index in [1.807, 2.05) is 0 Å². The molecule has 0 unspecified atom stereocenters. The Morgan fingerprint density at radius 2 is 1.14 bits per heavy atom. The summed E-state index contributed by atoms with van der Waals surface area (Å²) in [6.07, 6.45) is 0. The summed E-state index contributed by atoms with van der Waals surface area (Å²) in [5, 5.41) is 0. The van der Waals surface area contributed by atoms with Crippen molar-refractivity contribution in [3.05, 3.63) is 0 Å². The molecule has 0 N–H and O–H groups in total. The lowest BCUT2D eigenvalue weighted by molar-refractivity contribution is -0.0573. The first kappa shape index (κ1) is 14.2. The molecule has 0 atom stereocenters. The monoisotopic (exact) mass is 273 g/mol. The van der Waals surface area contributed by atoms with E-state index in [1.54, 1.807) is 0 Å². The average molecular weight is 273 g/mol. The third-order valence-corrected chi connectivity index (χ3v) is 5.94. The quantitative estimate of drug-likeness (QED) is 0.543. The van der Waals surface area contributed by atoms with Crippen LogP contribution in [0.4, 0.5) is 26.3 Å². The van der Waals surface area contributed by atoms with Crippen molar-refractivity contribution in [1.29, 1.82) is 0 Å². The third-order valence-electron chi connectivity index (χ3n) is 0.878. The fraction of sp³-hybridized carbons (Fsp3) is 1.00. The first-order chi connectivity index (χ1) is 6.10. The molecule has 0 aliphatic heterocycles. The van der Waals surface area contributed by atoms with Crippen LogP contribution in [0.25, 0.3) is 0 Å². The van der Waals surface area contributed by atoms with Crippen molar-refractivity contribution in [3.63, 3.8) is 0 Å². The van der Waals surface area contributed by atoms with Gasteiger partial charge in [0.2, 0.25) is 0 Å². The van der Waals surface area contributed by atoms with Gasteiger partial charge in [-0.25, -0.2) is 0 Å². The minimum atomic E-state index is -4.39. The predicted molar refractivity (Wildman–Crippen MR) is 43.0 cm³/mol. The van der Waals surface area contributed by atoms with E-state index in [-0.39, 0.29) is 0 Å². The Bertz CT molecular complexity index is 151. The second-order valence-corrected chi connectivity index (χ2v) is 7.77. The molecular formula is C3H7F6O2Si3. The van der Waals surface area contributed by atoms with E-state index in [1.165, 1.54) is 0 Å². The Balaban J connectivity index is 3.62. The number of halogens is 6. The Hall–Kier alpha value is 0.151. The Labute approximate surface area is 82.3 Å². The normalized spacial score (nSPS) is 15.4. The molecule has 0 saturated heterocycles. The van der Waals surface area contributed by atoms with Crippen LogP contribution in [0, 0.1) is 0 Å². The maximum atomic E-state index is 11.6. The molecule has 0 spiro atoms. The summed E-state index contributed by atoms with van der Waals surface area (Å²) in [6, 6.07) is 0. The molecule has 0 rings (SSSR count). The Morgan fingerprint density at radius 1 is 0.857 bits per heavy atom. The van der Waals surface area contributed by atoms with Crippen molar-refractivity contribution < 1.29 is 34.6 Å². The smallest absolute Gasteiger partial charge is 0.381 e. The lowest BCUT2D eigenvalue weighted by atomic mass is 11.5. The molecule has 11 heteroatoms. The van der Waals surface area contributed by atoms with Crippen molar-refractivity contribution in [2.75, 3.05) is 0 Å². The zero-order chi connectivity index (χ0) is 11.4. The average Bonchev–Trinajstić information content (AvgIpc) is 1.94. The molecule has 14 heavy (non-hydrogen) atoms. The SMILES string of the molecule is C[Si](O[SiH2]C(F)(F)F)O[SiH2]C(F)(F)F. The molecule has 0 bridgehead atoms. The second-order valence-electron chi connectivity index (χ2n) is 2.30. The van der Waals surface area contributed by atoms with Crippen LogP contribution in [-0.2, 0) is 8.23 Å². The maximum Gasteiger partial charge on any atom is 0.381 e. The molecule has 0 aromatic heterocycles. The molecule has 0 aliphatic rings. The Morgan fingerprint density at radius 3 is 1.36 bits per heavy atom. The topological polar surface area (TPSA) is 18.5 Å². The summed E-state index contributed by atoms with van der Waals surface area (Å²) >= 11 is 0. The number of alkyl halides is 6. The number of hydrogen-bond acceptors (Lipinski definition) is 2. The van der Waals surface area contributed by atoms with Crippen molar-refractivity contribution in [2.45, 2.75) is 18.1 Å². The van der Waals surface area contributed by atoms with Crippen LogP contribution >= 0.6 is 0 Å². The van der Waals surface area contributed by atoms with E-state index in [0.29, 0.717) is 0 Å². The molecule has 0 saturated carbocycles. The lowest BCUT2D eigenvalue weighted by Gasteiger charge is -2.14. The van der Waals surface area contributed by atoms with E-state index in [4.69, 9.17) is 0 Å². The van der Waals surface area contributed by atoms with E-state index in [9.17, 15) is 26.3 Å². The molecule has 2 nitrogen and oxygen atoms in total. The highest BCUT2D eigenvalue weighted by molar-refractivity contribution is 6.58. The zero-order valence-electron chi connectivity index (χ0n) is 7.00. The van der Waals surface area contributed by atoms with Gasteiger partial charge in [0.1, 0.15) is 0 Å². The van der Waals surface area contributed by atoms with Gasteiger partial charge < -0.3 is 8.23 Å². The number of rotatable bonds is 4. The fourth-order valence-corrected chi connectivity index (χ4v) is 4.43. The Kier molecular flexibility index (Phi) is 5.35. The van der Waals surface area contributed by atoms with Gasteiger partial charge in [-0.2, -0.15) is 26.3 Å². The zero-order valence-corrected chi connectivity index (χ0v) is 10.8. The molecule has 0 aliphatic carbocycles. The van der Waals surface area contributed by atoms with Gasteiger partial charge in [0, 0.05) is 0 Å². The highest BCUT2D eigenvalue weighted by Crippen LogP contribution is 2.15. The molecule has 85 valence electrons. The minimum absolute atomic E-state index is 1.13. The maximum absolute atomic E-state index is 11.6. The van der Waals surface area contributed by atoms with Gasteiger partial charge in [0.25, 0.3) is 19.5 Å². The van der Waals surface area contributed by atoms with Gasteiger partial charge in [-0.1, -0.05) is 0 Å². The molecule has 0 amide bonds. The van der Waals surface area contributed by atoms with Gasteiger partial charge in [0.15, 0.2) is 0 Å². The predicted octanol–water partition coefficient (Wildman–Crippen LogP) is 0.345. The van der Waals surface area contributed by atoms with Crippen LogP contribution < -0.4 is 0 Å². The summed E-state index contributed by atoms with van der Waals surface area (Å²) < 4.78 is 77.9. The van der Waals surface area contributed by atoms with Crippen LogP contribution in [0.2, 0.25) is 6.55 Å². The molecule has 0 aromatic rings. The van der Waals surface area contributed by atoms with E-state index < -0.39 is 40.4 Å². The summed E-state index contributed by atoms with van der Waals surface area (Å²) in [4.78, 5) is 0. The van der Waals surface area contributed by atoms with Crippen molar-refractivity contribution in [2.24, 2.45) is 0 Å². The van der Waals surface area contributed by atoms with E-state index >= 15 is 0 Å². The molecule has 0 aromatic carbocycles. The molecule has 0 fully saturated rings. The lowest BCUT2D eigenvalue weighted by Crippen LogP contribution is -2.34. The molecule has 0 heterocycles. The molecule has 1 radical (unpaired) electrons. The van der Waals surface area contributed by atoms with Crippen molar-refractivity contribution in [1.82, 2.24) is 0 Å². The van der Waals surface area contributed by atoms with E-state index in [2.05, 4.69) is 8.23 Å². The van der Waals surface area contributed by atoms with Crippen molar-refractivity contribution >= 4 is 28.8 Å². The van der Waals surface area contributed by atoms with Gasteiger partial charge in [-0.3, -0.25) is 0 Å². The fourth-order valence-electron chi connectivity index (χ4n) is 0.409. The van der Waals surface area contributed by atoms with Crippen LogP contribution in [0.1, 0.15) is 0 Å². The second kappa shape index (κ2) is 5.29. The highest BCUT2D eigenvalue weighted by Gasteiger charge is 2.33. The van der Waals surface area contributed by atoms with Crippen LogP contribution in [0.3, 0.4) is 0 Å². The first-order valence-corrected chi connectivity index (χ1v) is 7.71. The minimum Gasteiger partial charge on any atom is -0.433 e. The van der Waals surface area contributed by atoms with E-state index in [0.717, 1.165) is 6.55 Å². The number of hydrogen-bond donors (Lipinski definition) is 0. The summed E-state index contributed by atoms with van der Waals surface area (Å²) in [7, 11) is -7.95. The van der Waals surface area contributed by atoms with Gasteiger partial charge in [-0.15, -0.1) is 0 Å². The summed E-state index contributed by atoms with van der Waals surface area (Å²) in [5.74, 6) is -8.79. The van der Waals surface area contributed by atoms with Gasteiger partial charge >= 0.3 is 20.9 Å². The first-order valence-electron chi connectivity index (χ1n) is 3.33. The van der Waals surface area contributed by atoms with Crippen LogP contribution in [-0.4, -0.2) is 40.4 Å². The van der Waals surface area contributed by atoms with Crippen LogP contribution in [0.15, 0.2) is 0 Å². The van der Waals surface area contributed by atoms with Gasteiger partial charge in [-0.05, 0) is 6.55 Å². The standard InChI is InChI=1S/C3H7F6O2Si3/c1-14(10-12-2(4,5)6)11-13-3(7,8)9/h12-13H2,1H3. The van der Waals surface area contributed by atoms with Crippen molar-refractivity contribution in [3.8, 4) is 0 Å². The largest absolute Gasteiger partial charge is 0.433 e.